The van der Waals surface area contributed by atoms with E-state index in [0.29, 0.717) is 16.6 Å². The minimum atomic E-state index is -4.43. The summed E-state index contributed by atoms with van der Waals surface area (Å²) < 4.78 is 38.7. The number of pyridine rings is 1. The molecule has 1 N–H and O–H groups in total. The molecule has 0 saturated carbocycles. The lowest BCUT2D eigenvalue weighted by Crippen LogP contribution is -2.05. The summed E-state index contributed by atoms with van der Waals surface area (Å²) in [6.07, 6.45) is -2.20. The highest BCUT2D eigenvalue weighted by Gasteiger charge is 2.30. The minimum Gasteiger partial charge on any atom is -0.354 e. The molecule has 0 fully saturated rings. The third-order valence-corrected chi connectivity index (χ3v) is 3.92. The smallest absolute Gasteiger partial charge is 0.354 e. The Morgan fingerprint density at radius 2 is 1.92 bits per heavy atom. The SMILES string of the molecule is CCc1ccc2ncc(C#N)c(Nc3cccc(C(F)(F)F)c3)c2c1.Cl. The molecule has 0 radical (unpaired) electrons. The quantitative estimate of drug-likeness (QED) is 0.622. The van der Waals surface area contributed by atoms with E-state index in [1.807, 2.05) is 31.2 Å². The van der Waals surface area contributed by atoms with Crippen LogP contribution in [0, 0.1) is 11.3 Å². The molecule has 0 atom stereocenters. The van der Waals surface area contributed by atoms with Crippen LogP contribution in [0.3, 0.4) is 0 Å². The number of aryl methyl sites for hydroxylation is 1. The summed E-state index contributed by atoms with van der Waals surface area (Å²) in [4.78, 5) is 4.24. The van der Waals surface area contributed by atoms with Crippen molar-refractivity contribution in [3.8, 4) is 6.07 Å². The maximum Gasteiger partial charge on any atom is 0.416 e. The number of benzene rings is 2. The molecule has 26 heavy (non-hydrogen) atoms. The molecule has 0 unspecified atom stereocenters. The van der Waals surface area contributed by atoms with Gasteiger partial charge in [-0.1, -0.05) is 19.1 Å². The van der Waals surface area contributed by atoms with Gasteiger partial charge in [0.1, 0.15) is 6.07 Å². The topological polar surface area (TPSA) is 48.7 Å². The van der Waals surface area contributed by atoms with E-state index < -0.39 is 11.7 Å². The van der Waals surface area contributed by atoms with Gasteiger partial charge in [-0.25, -0.2) is 0 Å². The lowest BCUT2D eigenvalue weighted by molar-refractivity contribution is -0.137. The molecule has 0 aliphatic rings. The van der Waals surface area contributed by atoms with Gasteiger partial charge in [0.15, 0.2) is 0 Å². The summed E-state index contributed by atoms with van der Waals surface area (Å²) >= 11 is 0. The van der Waals surface area contributed by atoms with Gasteiger partial charge in [-0.2, -0.15) is 18.4 Å². The van der Waals surface area contributed by atoms with Crippen LogP contribution in [0.25, 0.3) is 10.9 Å². The van der Waals surface area contributed by atoms with Crippen LogP contribution in [-0.4, -0.2) is 4.98 Å². The molecular weight excluding hydrogens is 363 g/mol. The predicted molar refractivity (Wildman–Crippen MR) is 97.8 cm³/mol. The Balaban J connectivity index is 0.00000243. The molecule has 0 aliphatic heterocycles. The van der Waals surface area contributed by atoms with Gasteiger partial charge in [0.25, 0.3) is 0 Å². The Kier molecular flexibility index (Phi) is 5.73. The van der Waals surface area contributed by atoms with Gasteiger partial charge in [-0.05, 0) is 42.3 Å². The van der Waals surface area contributed by atoms with Crippen molar-refractivity contribution in [1.82, 2.24) is 4.98 Å². The van der Waals surface area contributed by atoms with E-state index in [2.05, 4.69) is 10.3 Å². The van der Waals surface area contributed by atoms with Crippen molar-refractivity contribution >= 4 is 34.7 Å². The van der Waals surface area contributed by atoms with Crippen molar-refractivity contribution in [3.05, 3.63) is 65.4 Å². The highest BCUT2D eigenvalue weighted by Crippen LogP contribution is 2.33. The predicted octanol–water partition coefficient (Wildman–Crippen LogP) is 5.85. The van der Waals surface area contributed by atoms with E-state index >= 15 is 0 Å². The third-order valence-electron chi connectivity index (χ3n) is 3.92. The van der Waals surface area contributed by atoms with Crippen molar-refractivity contribution in [2.75, 3.05) is 5.32 Å². The molecule has 3 aromatic rings. The molecule has 0 aliphatic carbocycles. The van der Waals surface area contributed by atoms with E-state index in [1.165, 1.54) is 18.3 Å². The van der Waals surface area contributed by atoms with Gasteiger partial charge in [0.2, 0.25) is 0 Å². The highest BCUT2D eigenvalue weighted by atomic mass is 35.5. The second-order valence-electron chi connectivity index (χ2n) is 5.57. The fourth-order valence-corrected chi connectivity index (χ4v) is 2.60. The van der Waals surface area contributed by atoms with E-state index in [-0.39, 0.29) is 23.7 Å². The molecule has 0 bridgehead atoms. The van der Waals surface area contributed by atoms with Gasteiger partial charge in [0.05, 0.1) is 22.3 Å². The molecule has 3 nitrogen and oxygen atoms in total. The molecular formula is C19H15ClF3N3. The average Bonchev–Trinajstić information content (AvgIpc) is 2.61. The summed E-state index contributed by atoms with van der Waals surface area (Å²) in [5, 5.41) is 13.0. The molecule has 2 aromatic carbocycles. The Morgan fingerprint density at radius 1 is 1.15 bits per heavy atom. The summed E-state index contributed by atoms with van der Waals surface area (Å²) in [5.74, 6) is 0. The first-order valence-corrected chi connectivity index (χ1v) is 7.68. The van der Waals surface area contributed by atoms with Crippen LogP contribution in [0.1, 0.15) is 23.6 Å². The molecule has 1 heterocycles. The number of alkyl halides is 3. The number of nitrogens with one attached hydrogen (secondary N) is 1. The van der Waals surface area contributed by atoms with Crippen LogP contribution in [0.4, 0.5) is 24.5 Å². The Labute approximate surface area is 154 Å². The minimum absolute atomic E-state index is 0. The first-order valence-electron chi connectivity index (χ1n) is 7.68. The normalized spacial score (nSPS) is 10.9. The van der Waals surface area contributed by atoms with Gasteiger partial charge in [0, 0.05) is 17.3 Å². The fraction of sp³-hybridized carbons (Fsp3) is 0.158. The number of hydrogen-bond donors (Lipinski definition) is 1. The monoisotopic (exact) mass is 377 g/mol. The molecule has 7 heteroatoms. The van der Waals surface area contributed by atoms with E-state index in [4.69, 9.17) is 0 Å². The second kappa shape index (κ2) is 7.63. The van der Waals surface area contributed by atoms with Crippen molar-refractivity contribution in [2.45, 2.75) is 19.5 Å². The van der Waals surface area contributed by atoms with Gasteiger partial charge in [-0.15, -0.1) is 12.4 Å². The molecule has 0 spiro atoms. The lowest BCUT2D eigenvalue weighted by atomic mass is 10.0. The Morgan fingerprint density at radius 3 is 2.58 bits per heavy atom. The lowest BCUT2D eigenvalue weighted by Gasteiger charge is -2.14. The molecule has 134 valence electrons. The summed E-state index contributed by atoms with van der Waals surface area (Å²) in [5.41, 5.74) is 1.98. The van der Waals surface area contributed by atoms with Crippen molar-refractivity contribution in [1.29, 1.82) is 5.26 Å². The zero-order valence-electron chi connectivity index (χ0n) is 13.8. The maximum atomic E-state index is 12.9. The summed E-state index contributed by atoms with van der Waals surface area (Å²) in [6.45, 7) is 2.00. The largest absolute Gasteiger partial charge is 0.416 e. The summed E-state index contributed by atoms with van der Waals surface area (Å²) in [6, 6.07) is 12.6. The number of halogens is 4. The first kappa shape index (κ1) is 19.5. The van der Waals surface area contributed by atoms with Crippen molar-refractivity contribution in [3.63, 3.8) is 0 Å². The zero-order valence-corrected chi connectivity index (χ0v) is 14.6. The van der Waals surface area contributed by atoms with Crippen molar-refractivity contribution in [2.24, 2.45) is 0 Å². The standard InChI is InChI=1S/C19H14F3N3.ClH/c1-2-12-6-7-17-16(8-12)18(13(10-23)11-24-17)25-15-5-3-4-14(9-15)19(20,21)22;/h3-9,11H,2H2,1H3,(H,24,25);1H. The van der Waals surface area contributed by atoms with Crippen LogP contribution >= 0.6 is 12.4 Å². The average molecular weight is 378 g/mol. The van der Waals surface area contributed by atoms with Crippen LogP contribution in [0.2, 0.25) is 0 Å². The molecule has 1 aromatic heterocycles. The van der Waals surface area contributed by atoms with Gasteiger partial charge >= 0.3 is 6.18 Å². The third kappa shape index (κ3) is 3.89. The first-order chi connectivity index (χ1) is 11.9. The second-order valence-corrected chi connectivity index (χ2v) is 5.57. The Hall–Kier alpha value is -2.78. The van der Waals surface area contributed by atoms with E-state index in [1.54, 1.807) is 0 Å². The summed E-state index contributed by atoms with van der Waals surface area (Å²) in [7, 11) is 0. The number of nitriles is 1. The van der Waals surface area contributed by atoms with E-state index in [0.717, 1.165) is 24.1 Å². The van der Waals surface area contributed by atoms with Crippen molar-refractivity contribution < 1.29 is 13.2 Å². The maximum absolute atomic E-state index is 12.9. The van der Waals surface area contributed by atoms with E-state index in [9.17, 15) is 18.4 Å². The number of hydrogen-bond acceptors (Lipinski definition) is 3. The van der Waals surface area contributed by atoms with Crippen LogP contribution in [0.15, 0.2) is 48.7 Å². The van der Waals surface area contributed by atoms with Crippen LogP contribution in [0.5, 0.6) is 0 Å². The Bertz CT molecular complexity index is 978. The highest BCUT2D eigenvalue weighted by molar-refractivity contribution is 5.96. The van der Waals surface area contributed by atoms with Gasteiger partial charge < -0.3 is 5.32 Å². The number of anilines is 2. The molecule has 0 saturated heterocycles. The zero-order chi connectivity index (χ0) is 18.0. The molecule has 0 amide bonds. The molecule has 3 rings (SSSR count). The van der Waals surface area contributed by atoms with Crippen LogP contribution in [-0.2, 0) is 12.6 Å². The number of rotatable bonds is 3. The van der Waals surface area contributed by atoms with Crippen LogP contribution < -0.4 is 5.32 Å². The number of nitrogens with zero attached hydrogens (tertiary/aromatic N) is 2. The number of aromatic nitrogens is 1. The fourth-order valence-electron chi connectivity index (χ4n) is 2.60. The number of fused-ring (bicyclic) bond motifs is 1. The van der Waals surface area contributed by atoms with Gasteiger partial charge in [-0.3, -0.25) is 4.98 Å².